The predicted octanol–water partition coefficient (Wildman–Crippen LogP) is 19.3. The van der Waals surface area contributed by atoms with Crippen molar-refractivity contribution in [3.05, 3.63) is 240 Å². The Morgan fingerprint density at radius 3 is 1.16 bits per heavy atom. The van der Waals surface area contributed by atoms with E-state index in [9.17, 15) is 0 Å². The molecular formula is C73H52N2. The maximum atomic E-state index is 5.32. The molecule has 16 rings (SSSR count). The van der Waals surface area contributed by atoms with Crippen LogP contribution in [0.25, 0.3) is 132 Å². The van der Waals surface area contributed by atoms with Gasteiger partial charge in [-0.05, 0) is 186 Å². The summed E-state index contributed by atoms with van der Waals surface area (Å²) in [4.78, 5) is 10.5. The molecule has 75 heavy (non-hydrogen) atoms. The van der Waals surface area contributed by atoms with E-state index < -0.39 is 0 Å². The Labute approximate surface area is 437 Å². The molecule has 0 saturated carbocycles. The Morgan fingerprint density at radius 1 is 0.240 bits per heavy atom. The van der Waals surface area contributed by atoms with Crippen LogP contribution in [-0.4, -0.2) is 9.97 Å². The van der Waals surface area contributed by atoms with E-state index in [0.717, 1.165) is 22.5 Å². The zero-order valence-electron chi connectivity index (χ0n) is 43.0. The van der Waals surface area contributed by atoms with E-state index in [1.54, 1.807) is 0 Å². The summed E-state index contributed by atoms with van der Waals surface area (Å²) < 4.78 is 0. The van der Waals surface area contributed by atoms with Crippen molar-refractivity contribution in [2.45, 2.75) is 57.8 Å². The highest BCUT2D eigenvalue weighted by Crippen LogP contribution is 2.55. The summed E-state index contributed by atoms with van der Waals surface area (Å²) in [6.07, 6.45) is 4.24. The molecule has 0 bridgehead atoms. The van der Waals surface area contributed by atoms with E-state index in [1.807, 2.05) is 0 Å². The summed E-state index contributed by atoms with van der Waals surface area (Å²) >= 11 is 0. The Hall–Kier alpha value is -8.72. The van der Waals surface area contributed by atoms with Gasteiger partial charge in [0.1, 0.15) is 0 Å². The Balaban J connectivity index is 0.727. The number of aromatic nitrogens is 2. The zero-order chi connectivity index (χ0) is 50.3. The minimum Gasteiger partial charge on any atom is -0.256 e. The molecule has 2 aromatic heterocycles. The van der Waals surface area contributed by atoms with Crippen LogP contribution in [-0.2, 0) is 16.2 Å². The van der Waals surface area contributed by atoms with E-state index in [2.05, 4.69) is 248 Å². The van der Waals surface area contributed by atoms with Crippen molar-refractivity contribution in [2.24, 2.45) is 0 Å². The van der Waals surface area contributed by atoms with Crippen LogP contribution in [0.1, 0.15) is 74.9 Å². The zero-order valence-corrected chi connectivity index (χ0v) is 43.0. The summed E-state index contributed by atoms with van der Waals surface area (Å²) in [5.41, 5.74) is 21.8. The molecule has 0 amide bonds. The van der Waals surface area contributed by atoms with Crippen molar-refractivity contribution in [3.8, 4) is 67.0 Å². The molecule has 2 heterocycles. The Morgan fingerprint density at radius 2 is 0.627 bits per heavy atom. The van der Waals surface area contributed by atoms with E-state index in [0.29, 0.717) is 0 Å². The van der Waals surface area contributed by atoms with E-state index in [-0.39, 0.29) is 16.2 Å². The normalized spacial score (nSPS) is 15.1. The largest absolute Gasteiger partial charge is 0.256 e. The molecule has 0 unspecified atom stereocenters. The number of hydrogen-bond donors (Lipinski definition) is 0. The first-order valence-corrected chi connectivity index (χ1v) is 26.6. The summed E-state index contributed by atoms with van der Waals surface area (Å²) in [7, 11) is 0. The van der Waals surface area contributed by atoms with Gasteiger partial charge in [0.2, 0.25) is 0 Å². The van der Waals surface area contributed by atoms with Crippen molar-refractivity contribution in [1.29, 1.82) is 0 Å². The molecule has 0 spiro atoms. The third kappa shape index (κ3) is 5.75. The molecule has 3 aliphatic rings. The molecule has 0 fully saturated rings. The second-order valence-corrected chi connectivity index (χ2v) is 23.3. The molecule has 2 heteroatoms. The molecule has 0 radical (unpaired) electrons. The van der Waals surface area contributed by atoms with Gasteiger partial charge in [-0.25, -0.2) is 0 Å². The first-order chi connectivity index (χ1) is 36.4. The second kappa shape index (κ2) is 14.7. The highest BCUT2D eigenvalue weighted by Gasteiger charge is 2.40. The van der Waals surface area contributed by atoms with Crippen molar-refractivity contribution in [3.63, 3.8) is 0 Å². The fourth-order valence-electron chi connectivity index (χ4n) is 14.3. The highest BCUT2D eigenvalue weighted by atomic mass is 14.7. The molecule has 0 atom stereocenters. The van der Waals surface area contributed by atoms with E-state index >= 15 is 0 Å². The maximum absolute atomic E-state index is 5.32. The third-order valence-electron chi connectivity index (χ3n) is 18.3. The molecule has 0 aliphatic heterocycles. The van der Waals surface area contributed by atoms with Crippen molar-refractivity contribution in [2.75, 3.05) is 0 Å². The first-order valence-electron chi connectivity index (χ1n) is 26.6. The van der Waals surface area contributed by atoms with Gasteiger partial charge in [0.25, 0.3) is 0 Å². The number of hydrogen-bond acceptors (Lipinski definition) is 2. The monoisotopic (exact) mass is 956 g/mol. The van der Waals surface area contributed by atoms with Gasteiger partial charge in [-0.3, -0.25) is 9.97 Å². The molecule has 3 aliphatic carbocycles. The number of fused-ring (bicyclic) bond motifs is 21. The second-order valence-electron chi connectivity index (χ2n) is 23.3. The van der Waals surface area contributed by atoms with Gasteiger partial charge in [0.15, 0.2) is 0 Å². The lowest BCUT2D eigenvalue weighted by atomic mass is 9.80. The lowest BCUT2D eigenvalue weighted by Crippen LogP contribution is -2.16. The van der Waals surface area contributed by atoms with Crippen LogP contribution in [0.4, 0.5) is 0 Å². The van der Waals surface area contributed by atoms with Crippen LogP contribution in [0.2, 0.25) is 0 Å². The lowest BCUT2D eigenvalue weighted by molar-refractivity contribution is 0.659. The fourth-order valence-corrected chi connectivity index (χ4v) is 14.3. The molecule has 0 saturated heterocycles. The van der Waals surface area contributed by atoms with Gasteiger partial charge in [0.05, 0.1) is 11.4 Å². The number of benzene rings is 11. The van der Waals surface area contributed by atoms with Crippen molar-refractivity contribution < 1.29 is 0 Å². The topological polar surface area (TPSA) is 25.8 Å². The third-order valence-corrected chi connectivity index (χ3v) is 18.3. The van der Waals surface area contributed by atoms with Crippen LogP contribution in [0.15, 0.2) is 207 Å². The average molecular weight is 957 g/mol. The van der Waals surface area contributed by atoms with Gasteiger partial charge in [0, 0.05) is 50.9 Å². The van der Waals surface area contributed by atoms with Crippen molar-refractivity contribution >= 4 is 64.6 Å². The summed E-state index contributed by atoms with van der Waals surface area (Å²) in [6.45, 7) is 14.3. The summed E-state index contributed by atoms with van der Waals surface area (Å²) in [5, 5.41) is 15.6. The highest BCUT2D eigenvalue weighted by molar-refractivity contribution is 6.27. The van der Waals surface area contributed by atoms with Gasteiger partial charge < -0.3 is 0 Å². The van der Waals surface area contributed by atoms with Crippen LogP contribution < -0.4 is 0 Å². The SMILES string of the molecule is CC1(C)c2cc(-c3cccc(-c4cc5c(cn4)-c4cc6c7ccccc7c7ccccc7c6cc4C5(C)C)c3)ccc2-c2ccc(-c3cnc4c(c3)C(C)(C)c3cc5c6ccccc6c6ccccc6c5cc3-4)cc21. The van der Waals surface area contributed by atoms with Gasteiger partial charge >= 0.3 is 0 Å². The van der Waals surface area contributed by atoms with E-state index in [1.165, 1.54) is 143 Å². The quantitative estimate of drug-likeness (QED) is 0.165. The maximum Gasteiger partial charge on any atom is 0.0746 e. The molecular weight excluding hydrogens is 905 g/mol. The van der Waals surface area contributed by atoms with Crippen LogP contribution in [0.3, 0.4) is 0 Å². The van der Waals surface area contributed by atoms with Crippen molar-refractivity contribution in [1.82, 2.24) is 9.97 Å². The van der Waals surface area contributed by atoms with Gasteiger partial charge in [-0.2, -0.15) is 0 Å². The number of pyridine rings is 2. The minimum atomic E-state index is -0.213. The smallest absolute Gasteiger partial charge is 0.0746 e. The summed E-state index contributed by atoms with van der Waals surface area (Å²) in [5.74, 6) is 0. The van der Waals surface area contributed by atoms with Gasteiger partial charge in [-0.15, -0.1) is 0 Å². The fraction of sp³-hybridized carbons (Fsp3) is 0.123. The molecule has 354 valence electrons. The molecule has 13 aromatic rings. The van der Waals surface area contributed by atoms with Crippen LogP contribution >= 0.6 is 0 Å². The average Bonchev–Trinajstić information content (AvgIpc) is 4.02. The predicted molar refractivity (Wildman–Crippen MR) is 316 cm³/mol. The van der Waals surface area contributed by atoms with E-state index in [4.69, 9.17) is 9.97 Å². The molecule has 2 nitrogen and oxygen atoms in total. The minimum absolute atomic E-state index is 0.192. The first kappa shape index (κ1) is 42.8. The van der Waals surface area contributed by atoms with Gasteiger partial charge in [-0.1, -0.05) is 181 Å². The molecule has 0 N–H and O–H groups in total. The van der Waals surface area contributed by atoms with Crippen LogP contribution in [0.5, 0.6) is 0 Å². The standard InChI is InChI=1S/C73H52N2/c1-71(2)63-31-42(41-16-15-17-44(30-41)69-38-67-62(40-74-69)60-34-56-50-22-11-7-18-46(50)48-20-9-13-24-52(48)58(56)36-65(60)72(67,3)4)26-28-54(63)55-29-27-43(32-64(55)71)45-33-68-70(75-39-45)61-35-57-51-23-12-8-19-47(51)49-21-10-14-25-53(49)59(57)37-66(61)73(68,5)6/h7-40H,1-6H3. The summed E-state index contributed by atoms with van der Waals surface area (Å²) in [6, 6.07) is 73.2. The lowest BCUT2D eigenvalue weighted by Gasteiger charge is -2.23. The Kier molecular flexibility index (Phi) is 8.40. The number of nitrogens with zero attached hydrogens (tertiary/aromatic N) is 2. The number of rotatable bonds is 3. The van der Waals surface area contributed by atoms with Crippen LogP contribution in [0, 0.1) is 0 Å². The molecule has 11 aromatic carbocycles. The Bertz CT molecular complexity index is 4740.